The first-order valence-corrected chi connectivity index (χ1v) is 18.1. The van der Waals surface area contributed by atoms with Gasteiger partial charge in [0.2, 0.25) is 17.7 Å². The average Bonchev–Trinajstić information content (AvgIpc) is 3.43. The SMILES string of the molecule is C#CCCC(CC(=O)NCC=C)NC(=O)C1[C@@H]2[C@H](CN1C(=O)C(NC(=O)NC(COC(=O)NCC)C(C)(C)C)C1Cc3ccccc3C1)C2(C)C. The lowest BCUT2D eigenvalue weighted by molar-refractivity contribution is -0.143. The molecule has 2 fully saturated rings. The number of carbonyl (C=O) groups is 5. The topological polar surface area (TPSA) is 158 Å². The lowest BCUT2D eigenvalue weighted by atomic mass is 9.87. The fraction of sp³-hybridized carbons (Fsp3) is 0.615. The summed E-state index contributed by atoms with van der Waals surface area (Å²) < 4.78 is 5.37. The van der Waals surface area contributed by atoms with E-state index in [2.05, 4.69) is 52.9 Å². The van der Waals surface area contributed by atoms with Gasteiger partial charge in [-0.1, -0.05) is 65.0 Å². The molecule has 4 unspecified atom stereocenters. The number of carbonyl (C=O) groups excluding carboxylic acids is 5. The minimum Gasteiger partial charge on any atom is -0.447 e. The van der Waals surface area contributed by atoms with Crippen LogP contribution in [0, 0.1) is 40.9 Å². The van der Waals surface area contributed by atoms with Crippen molar-refractivity contribution < 1.29 is 28.7 Å². The second kappa shape index (κ2) is 16.7. The molecule has 51 heavy (non-hydrogen) atoms. The van der Waals surface area contributed by atoms with Gasteiger partial charge in [-0.25, -0.2) is 9.59 Å². The van der Waals surface area contributed by atoms with E-state index in [4.69, 9.17) is 11.2 Å². The molecule has 1 saturated heterocycles. The highest BCUT2D eigenvalue weighted by molar-refractivity contribution is 5.94. The third-order valence-electron chi connectivity index (χ3n) is 10.8. The number of benzene rings is 1. The first kappa shape index (κ1) is 39.3. The van der Waals surface area contributed by atoms with Crippen molar-refractivity contribution in [1.82, 2.24) is 31.5 Å². The highest BCUT2D eigenvalue weighted by atomic mass is 16.5. The van der Waals surface area contributed by atoms with E-state index in [9.17, 15) is 24.0 Å². The number of rotatable bonds is 15. The molecule has 6 amide bonds. The number of hydrogen-bond donors (Lipinski definition) is 5. The molecule has 4 rings (SSSR count). The van der Waals surface area contributed by atoms with Crippen LogP contribution < -0.4 is 26.6 Å². The largest absolute Gasteiger partial charge is 0.447 e. The van der Waals surface area contributed by atoms with Crippen molar-refractivity contribution in [2.24, 2.45) is 28.6 Å². The molecule has 0 spiro atoms. The summed E-state index contributed by atoms with van der Waals surface area (Å²) in [5.74, 6) is 1.51. The molecule has 278 valence electrons. The number of alkyl carbamates (subject to hydrolysis) is 1. The third-order valence-corrected chi connectivity index (χ3v) is 10.8. The maximum absolute atomic E-state index is 14.8. The summed E-state index contributed by atoms with van der Waals surface area (Å²) in [5, 5.41) is 14.4. The molecule has 0 bridgehead atoms. The van der Waals surface area contributed by atoms with Crippen LogP contribution in [-0.4, -0.2) is 85.2 Å². The minimum atomic E-state index is -0.930. The first-order chi connectivity index (χ1) is 24.1. The van der Waals surface area contributed by atoms with Crippen molar-refractivity contribution >= 4 is 29.8 Å². The Kier molecular flexibility index (Phi) is 12.8. The summed E-state index contributed by atoms with van der Waals surface area (Å²) >= 11 is 0. The minimum absolute atomic E-state index is 0.0445. The van der Waals surface area contributed by atoms with E-state index in [0.717, 1.165) is 11.1 Å². The van der Waals surface area contributed by atoms with Crippen molar-refractivity contribution in [1.29, 1.82) is 0 Å². The van der Waals surface area contributed by atoms with Gasteiger partial charge >= 0.3 is 12.1 Å². The van der Waals surface area contributed by atoms with E-state index in [1.165, 1.54) is 0 Å². The Morgan fingerprint density at radius 2 is 1.75 bits per heavy atom. The Labute approximate surface area is 302 Å². The number of hydrogen-bond acceptors (Lipinski definition) is 6. The number of urea groups is 1. The van der Waals surface area contributed by atoms with E-state index in [1.54, 1.807) is 17.9 Å². The molecule has 12 nitrogen and oxygen atoms in total. The van der Waals surface area contributed by atoms with Gasteiger partial charge in [-0.15, -0.1) is 18.9 Å². The first-order valence-electron chi connectivity index (χ1n) is 18.1. The van der Waals surface area contributed by atoms with Crippen LogP contribution in [0.1, 0.15) is 71.9 Å². The normalized spacial score (nSPS) is 21.8. The number of amides is 6. The summed E-state index contributed by atoms with van der Waals surface area (Å²) in [6.45, 7) is 16.5. The number of ether oxygens (including phenoxy) is 1. The smallest absolute Gasteiger partial charge is 0.407 e. The lowest BCUT2D eigenvalue weighted by Gasteiger charge is -2.36. The Morgan fingerprint density at radius 3 is 2.33 bits per heavy atom. The van der Waals surface area contributed by atoms with Crippen molar-refractivity contribution in [2.75, 3.05) is 26.2 Å². The molecule has 1 aromatic rings. The summed E-state index contributed by atoms with van der Waals surface area (Å²) in [4.78, 5) is 69.0. The fourth-order valence-corrected chi connectivity index (χ4v) is 7.66. The van der Waals surface area contributed by atoms with Crippen LogP contribution in [0.3, 0.4) is 0 Å². The Hall–Kier alpha value is -4.53. The van der Waals surface area contributed by atoms with E-state index in [-0.39, 0.29) is 53.9 Å². The van der Waals surface area contributed by atoms with Crippen LogP contribution in [0.15, 0.2) is 36.9 Å². The molecule has 1 aliphatic heterocycles. The standard InChI is InChI=1S/C39H56N6O6/c1-9-12-17-27(21-30(46)41-18-10-2)42-34(47)33-31-28(39(31,7)8)22-45(33)35(48)32(26-19-24-15-13-14-16-25(24)20-26)44-36(49)43-29(38(4,5)6)23-51-37(50)40-11-3/h1,10,13-16,26-29,31-33H,2,11-12,17-23H2,3-8H3,(H,40,50)(H,41,46)(H,42,47)(H2,43,44,49)/t27?,28-,29?,31-,32?,33?/m0/s1. The molecular weight excluding hydrogens is 648 g/mol. The van der Waals surface area contributed by atoms with Crippen molar-refractivity contribution in [3.05, 3.63) is 48.0 Å². The summed E-state index contributed by atoms with van der Waals surface area (Å²) in [5.41, 5.74) is 1.62. The molecule has 2 aliphatic carbocycles. The Morgan fingerprint density at radius 1 is 1.08 bits per heavy atom. The van der Waals surface area contributed by atoms with Crippen LogP contribution in [-0.2, 0) is 32.0 Å². The predicted molar refractivity (Wildman–Crippen MR) is 195 cm³/mol. The van der Waals surface area contributed by atoms with Gasteiger partial charge in [0, 0.05) is 38.5 Å². The molecule has 6 atom stereocenters. The van der Waals surface area contributed by atoms with Crippen LogP contribution in [0.5, 0.6) is 0 Å². The Balaban J connectivity index is 1.57. The average molecular weight is 705 g/mol. The van der Waals surface area contributed by atoms with E-state index in [1.807, 2.05) is 45.0 Å². The Bertz CT molecular complexity index is 1490. The molecular formula is C39H56N6O6. The second-order valence-corrected chi connectivity index (χ2v) is 15.7. The van der Waals surface area contributed by atoms with E-state index >= 15 is 0 Å². The summed E-state index contributed by atoms with van der Waals surface area (Å²) in [7, 11) is 0. The molecule has 0 radical (unpaired) electrons. The second-order valence-electron chi connectivity index (χ2n) is 15.7. The number of fused-ring (bicyclic) bond motifs is 2. The van der Waals surface area contributed by atoms with E-state index in [0.29, 0.717) is 45.3 Å². The highest BCUT2D eigenvalue weighted by Gasteiger charge is 2.69. The van der Waals surface area contributed by atoms with Gasteiger partial charge in [0.1, 0.15) is 18.7 Å². The monoisotopic (exact) mass is 704 g/mol. The lowest BCUT2D eigenvalue weighted by Crippen LogP contribution is -2.61. The molecule has 0 aromatic heterocycles. The van der Waals surface area contributed by atoms with Gasteiger partial charge in [0.05, 0.1) is 6.04 Å². The third kappa shape index (κ3) is 9.63. The zero-order valence-electron chi connectivity index (χ0n) is 31.0. The fourth-order valence-electron chi connectivity index (χ4n) is 7.66. The van der Waals surface area contributed by atoms with Gasteiger partial charge in [-0.05, 0) is 65.9 Å². The molecule has 1 aromatic carbocycles. The van der Waals surface area contributed by atoms with Gasteiger partial charge in [-0.2, -0.15) is 0 Å². The maximum Gasteiger partial charge on any atom is 0.407 e. The highest BCUT2D eigenvalue weighted by Crippen LogP contribution is 2.65. The van der Waals surface area contributed by atoms with Gasteiger partial charge in [-0.3, -0.25) is 14.4 Å². The van der Waals surface area contributed by atoms with E-state index < -0.39 is 41.7 Å². The maximum atomic E-state index is 14.8. The molecule has 5 N–H and O–H groups in total. The number of likely N-dealkylation sites (tertiary alicyclic amines) is 1. The van der Waals surface area contributed by atoms with Crippen LogP contribution >= 0.6 is 0 Å². The molecule has 12 heteroatoms. The zero-order valence-corrected chi connectivity index (χ0v) is 31.0. The molecule has 1 saturated carbocycles. The van der Waals surface area contributed by atoms with Crippen LogP contribution in [0.2, 0.25) is 0 Å². The number of piperidine rings is 1. The van der Waals surface area contributed by atoms with Crippen LogP contribution in [0.4, 0.5) is 9.59 Å². The van der Waals surface area contributed by atoms with Crippen molar-refractivity contribution in [3.8, 4) is 12.3 Å². The summed E-state index contributed by atoms with van der Waals surface area (Å²) in [6.07, 6.45) is 8.54. The number of terminal acetylenes is 1. The zero-order chi connectivity index (χ0) is 37.5. The molecule has 1 heterocycles. The number of nitrogens with one attached hydrogen (secondary N) is 5. The van der Waals surface area contributed by atoms with Crippen molar-refractivity contribution in [2.45, 2.75) is 97.8 Å². The van der Waals surface area contributed by atoms with Gasteiger partial charge < -0.3 is 36.2 Å². The van der Waals surface area contributed by atoms with Gasteiger partial charge in [0.15, 0.2) is 0 Å². The quantitative estimate of drug-likeness (QED) is 0.139. The predicted octanol–water partition coefficient (Wildman–Crippen LogP) is 3.30. The van der Waals surface area contributed by atoms with Crippen molar-refractivity contribution in [3.63, 3.8) is 0 Å². The molecule has 3 aliphatic rings. The van der Waals surface area contributed by atoms with Gasteiger partial charge in [0.25, 0.3) is 0 Å². The van der Waals surface area contributed by atoms with Crippen LogP contribution in [0.25, 0.3) is 0 Å². The summed E-state index contributed by atoms with van der Waals surface area (Å²) in [6, 6.07) is 4.67. The number of nitrogens with zero attached hydrogens (tertiary/aromatic N) is 1.